The van der Waals surface area contributed by atoms with Crippen molar-refractivity contribution in [2.45, 2.75) is 6.42 Å². The third-order valence-electron chi connectivity index (χ3n) is 2.82. The van der Waals surface area contributed by atoms with Crippen molar-refractivity contribution in [1.29, 1.82) is 0 Å². The molecular weight excluding hydrogens is 226 g/mol. The number of carbonyl (C=O) groups is 1. The Morgan fingerprint density at radius 1 is 1.11 bits per heavy atom. The molecule has 0 aliphatic heterocycles. The second-order valence-electron chi connectivity index (χ2n) is 4.00. The van der Waals surface area contributed by atoms with Gasteiger partial charge in [0.1, 0.15) is 5.75 Å². The Kier molecular flexibility index (Phi) is 3.63. The second-order valence-corrected chi connectivity index (χ2v) is 4.00. The number of ether oxygens (including phenoxy) is 1. The summed E-state index contributed by atoms with van der Waals surface area (Å²) in [6.07, 6.45) is 0.285. The van der Waals surface area contributed by atoms with E-state index in [4.69, 9.17) is 10.5 Å². The van der Waals surface area contributed by atoms with Gasteiger partial charge < -0.3 is 10.5 Å². The van der Waals surface area contributed by atoms with Crippen LogP contribution < -0.4 is 10.5 Å². The molecule has 0 spiro atoms. The SMILES string of the molecule is COc1cccc(CC(=O)c2ccccc2)c1N. The summed E-state index contributed by atoms with van der Waals surface area (Å²) < 4.78 is 5.14. The molecule has 92 valence electrons. The smallest absolute Gasteiger partial charge is 0.167 e. The maximum Gasteiger partial charge on any atom is 0.167 e. The number of nitrogen functional groups attached to an aromatic ring is 1. The summed E-state index contributed by atoms with van der Waals surface area (Å²) in [6, 6.07) is 14.7. The standard InChI is InChI=1S/C15H15NO2/c1-18-14-9-5-8-12(15(14)16)10-13(17)11-6-3-2-4-7-11/h2-9H,10,16H2,1H3. The second kappa shape index (κ2) is 5.36. The number of hydrogen-bond acceptors (Lipinski definition) is 3. The van der Waals surface area contributed by atoms with Gasteiger partial charge >= 0.3 is 0 Å². The van der Waals surface area contributed by atoms with E-state index in [0.717, 1.165) is 5.56 Å². The van der Waals surface area contributed by atoms with Gasteiger partial charge in [0.05, 0.1) is 12.8 Å². The molecule has 0 saturated carbocycles. The molecule has 0 aromatic heterocycles. The Labute approximate surface area is 106 Å². The van der Waals surface area contributed by atoms with Crippen molar-refractivity contribution in [3.8, 4) is 5.75 Å². The number of carbonyl (C=O) groups excluding carboxylic acids is 1. The zero-order valence-corrected chi connectivity index (χ0v) is 10.2. The fourth-order valence-corrected chi connectivity index (χ4v) is 1.82. The van der Waals surface area contributed by atoms with Crippen LogP contribution >= 0.6 is 0 Å². The molecule has 0 aliphatic rings. The topological polar surface area (TPSA) is 52.3 Å². The fourth-order valence-electron chi connectivity index (χ4n) is 1.82. The van der Waals surface area contributed by atoms with Crippen LogP contribution in [-0.4, -0.2) is 12.9 Å². The van der Waals surface area contributed by atoms with Crippen molar-refractivity contribution >= 4 is 11.5 Å². The average Bonchev–Trinajstić information content (AvgIpc) is 2.42. The molecule has 0 radical (unpaired) electrons. The Morgan fingerprint density at radius 3 is 2.50 bits per heavy atom. The van der Waals surface area contributed by atoms with Crippen LogP contribution in [0, 0.1) is 0 Å². The molecule has 0 fully saturated rings. The maximum absolute atomic E-state index is 12.1. The van der Waals surface area contributed by atoms with E-state index in [0.29, 0.717) is 17.0 Å². The minimum atomic E-state index is 0.0514. The lowest BCUT2D eigenvalue weighted by Gasteiger charge is -2.09. The summed E-state index contributed by atoms with van der Waals surface area (Å²) in [5.41, 5.74) is 7.96. The minimum Gasteiger partial charge on any atom is -0.495 e. The summed E-state index contributed by atoms with van der Waals surface area (Å²) >= 11 is 0. The lowest BCUT2D eigenvalue weighted by molar-refractivity contribution is 0.0993. The molecule has 0 saturated heterocycles. The first-order chi connectivity index (χ1) is 8.72. The van der Waals surface area contributed by atoms with Crippen molar-refractivity contribution in [1.82, 2.24) is 0 Å². The summed E-state index contributed by atoms with van der Waals surface area (Å²) in [7, 11) is 1.56. The van der Waals surface area contributed by atoms with Gasteiger partial charge in [-0.25, -0.2) is 0 Å². The molecule has 3 heteroatoms. The molecule has 2 aromatic rings. The first-order valence-electron chi connectivity index (χ1n) is 5.72. The van der Waals surface area contributed by atoms with Gasteiger partial charge in [-0.05, 0) is 11.6 Å². The van der Waals surface area contributed by atoms with Crippen LogP contribution in [0.15, 0.2) is 48.5 Å². The summed E-state index contributed by atoms with van der Waals surface area (Å²) in [5, 5.41) is 0. The average molecular weight is 241 g/mol. The van der Waals surface area contributed by atoms with Crippen LogP contribution in [-0.2, 0) is 6.42 Å². The molecule has 0 bridgehead atoms. The highest BCUT2D eigenvalue weighted by Crippen LogP contribution is 2.25. The van der Waals surface area contributed by atoms with E-state index in [-0.39, 0.29) is 12.2 Å². The molecule has 0 aliphatic carbocycles. The van der Waals surface area contributed by atoms with Gasteiger partial charge in [0.15, 0.2) is 5.78 Å². The molecule has 0 unspecified atom stereocenters. The number of rotatable bonds is 4. The van der Waals surface area contributed by atoms with Crippen molar-refractivity contribution in [2.24, 2.45) is 0 Å². The Hall–Kier alpha value is -2.29. The van der Waals surface area contributed by atoms with Crippen molar-refractivity contribution < 1.29 is 9.53 Å². The molecule has 0 atom stereocenters. The van der Waals surface area contributed by atoms with Crippen LogP contribution in [0.1, 0.15) is 15.9 Å². The van der Waals surface area contributed by atoms with E-state index in [1.165, 1.54) is 0 Å². The molecule has 0 heterocycles. The number of anilines is 1. The largest absolute Gasteiger partial charge is 0.495 e. The van der Waals surface area contributed by atoms with Crippen molar-refractivity contribution in [3.05, 3.63) is 59.7 Å². The Morgan fingerprint density at radius 2 is 1.83 bits per heavy atom. The van der Waals surface area contributed by atoms with Crippen LogP contribution in [0.5, 0.6) is 5.75 Å². The molecule has 2 aromatic carbocycles. The first kappa shape index (κ1) is 12.2. The number of para-hydroxylation sites is 1. The Bertz CT molecular complexity index is 550. The van der Waals surface area contributed by atoms with E-state index in [9.17, 15) is 4.79 Å². The zero-order valence-electron chi connectivity index (χ0n) is 10.2. The van der Waals surface area contributed by atoms with E-state index >= 15 is 0 Å². The highest BCUT2D eigenvalue weighted by atomic mass is 16.5. The molecule has 0 amide bonds. The zero-order chi connectivity index (χ0) is 13.0. The van der Waals surface area contributed by atoms with Gasteiger partial charge in [-0.3, -0.25) is 4.79 Å². The molecule has 18 heavy (non-hydrogen) atoms. The fraction of sp³-hybridized carbons (Fsp3) is 0.133. The van der Waals surface area contributed by atoms with Gasteiger partial charge in [-0.1, -0.05) is 42.5 Å². The number of hydrogen-bond donors (Lipinski definition) is 1. The van der Waals surface area contributed by atoms with E-state index in [2.05, 4.69) is 0 Å². The molecule has 3 nitrogen and oxygen atoms in total. The predicted octanol–water partition coefficient (Wildman–Crippen LogP) is 2.70. The number of nitrogens with two attached hydrogens (primary N) is 1. The monoisotopic (exact) mass is 241 g/mol. The number of Topliss-reactive ketones (excluding diaryl/α,β-unsaturated/α-hetero) is 1. The summed E-state index contributed by atoms with van der Waals surface area (Å²) in [5.74, 6) is 0.656. The lowest BCUT2D eigenvalue weighted by atomic mass is 10.0. The summed E-state index contributed by atoms with van der Waals surface area (Å²) in [6.45, 7) is 0. The van der Waals surface area contributed by atoms with Crippen LogP contribution in [0.4, 0.5) is 5.69 Å². The van der Waals surface area contributed by atoms with Crippen LogP contribution in [0.25, 0.3) is 0 Å². The highest BCUT2D eigenvalue weighted by Gasteiger charge is 2.11. The van der Waals surface area contributed by atoms with E-state index in [1.807, 2.05) is 30.3 Å². The number of ketones is 1. The van der Waals surface area contributed by atoms with Gasteiger partial charge in [-0.15, -0.1) is 0 Å². The number of methoxy groups -OCH3 is 1. The summed E-state index contributed by atoms with van der Waals surface area (Å²) in [4.78, 5) is 12.1. The lowest BCUT2D eigenvalue weighted by Crippen LogP contribution is -2.06. The van der Waals surface area contributed by atoms with Crippen molar-refractivity contribution in [3.63, 3.8) is 0 Å². The van der Waals surface area contributed by atoms with Gasteiger partial charge in [0, 0.05) is 12.0 Å². The minimum absolute atomic E-state index is 0.0514. The van der Waals surface area contributed by atoms with Crippen LogP contribution in [0.2, 0.25) is 0 Å². The van der Waals surface area contributed by atoms with E-state index < -0.39 is 0 Å². The molecular formula is C15H15NO2. The van der Waals surface area contributed by atoms with Crippen molar-refractivity contribution in [2.75, 3.05) is 12.8 Å². The van der Waals surface area contributed by atoms with Gasteiger partial charge in [0.2, 0.25) is 0 Å². The highest BCUT2D eigenvalue weighted by molar-refractivity contribution is 5.98. The third kappa shape index (κ3) is 2.51. The molecule has 2 N–H and O–H groups in total. The quantitative estimate of drug-likeness (QED) is 0.661. The van der Waals surface area contributed by atoms with E-state index in [1.54, 1.807) is 25.3 Å². The molecule has 2 rings (SSSR count). The predicted molar refractivity (Wildman–Crippen MR) is 71.9 cm³/mol. The third-order valence-corrected chi connectivity index (χ3v) is 2.82. The maximum atomic E-state index is 12.1. The first-order valence-corrected chi connectivity index (χ1v) is 5.72. The van der Waals surface area contributed by atoms with Crippen LogP contribution in [0.3, 0.4) is 0 Å². The normalized spacial score (nSPS) is 10.1. The number of benzene rings is 2. The van der Waals surface area contributed by atoms with Gasteiger partial charge in [0.25, 0.3) is 0 Å². The Balaban J connectivity index is 2.22. The van der Waals surface area contributed by atoms with Gasteiger partial charge in [-0.2, -0.15) is 0 Å².